The molecule has 0 saturated carbocycles. The molecule has 1 amide bonds. The third kappa shape index (κ3) is 5.82. The summed E-state index contributed by atoms with van der Waals surface area (Å²) in [4.78, 5) is 21.7. The largest absolute Gasteiger partial charge is 0.478 e. The second-order valence-electron chi connectivity index (χ2n) is 7.02. The molecule has 3 rings (SSSR count). The number of carbonyl (C=O) groups is 1. The number of halogens is 2. The molecule has 0 N–H and O–H groups in total. The third-order valence-corrected chi connectivity index (χ3v) is 5.59. The van der Waals surface area contributed by atoms with Gasteiger partial charge in [-0.3, -0.25) is 9.69 Å². The van der Waals surface area contributed by atoms with E-state index in [0.29, 0.717) is 23.9 Å². The van der Waals surface area contributed by atoms with Crippen LogP contribution in [0, 0.1) is 6.92 Å². The molecule has 1 aliphatic rings. The highest BCUT2D eigenvalue weighted by Gasteiger charge is 2.35. The lowest BCUT2D eigenvalue weighted by molar-refractivity contribution is -0.147. The number of nitrogens with zero attached hydrogens (tertiary/aromatic N) is 3. The number of ether oxygens (including phenoxy) is 1. The Kier molecular flexibility index (Phi) is 7.51. The van der Waals surface area contributed by atoms with Gasteiger partial charge in [0, 0.05) is 42.3 Å². The van der Waals surface area contributed by atoms with Crippen molar-refractivity contribution in [3.63, 3.8) is 0 Å². The number of rotatable bonds is 5. The minimum Gasteiger partial charge on any atom is -0.478 e. The van der Waals surface area contributed by atoms with Gasteiger partial charge in [-0.25, -0.2) is 4.98 Å². The van der Waals surface area contributed by atoms with E-state index in [0.717, 1.165) is 30.3 Å². The van der Waals surface area contributed by atoms with Crippen LogP contribution >= 0.6 is 35.3 Å². The standard InChI is InChI=1S/C19H24ClN3O2S.ClH/c1-14-13-26-17(21-14)12-22-8-10-23(11-9-22)18(24)19(2,3)25-16-6-4-15(20)5-7-16;/h4-7,13H,8-12H2,1-3H3;1H. The van der Waals surface area contributed by atoms with E-state index in [-0.39, 0.29) is 18.3 Å². The van der Waals surface area contributed by atoms with Crippen molar-refractivity contribution in [1.29, 1.82) is 0 Å². The van der Waals surface area contributed by atoms with E-state index in [1.165, 1.54) is 0 Å². The molecular formula is C19H25Cl2N3O2S. The monoisotopic (exact) mass is 429 g/mol. The molecule has 1 aromatic heterocycles. The Morgan fingerprint density at radius 3 is 2.41 bits per heavy atom. The lowest BCUT2D eigenvalue weighted by Crippen LogP contribution is -2.55. The van der Waals surface area contributed by atoms with E-state index in [1.807, 2.05) is 25.7 Å². The van der Waals surface area contributed by atoms with Crippen molar-refractivity contribution in [2.75, 3.05) is 26.2 Å². The molecule has 0 aliphatic carbocycles. The highest BCUT2D eigenvalue weighted by atomic mass is 35.5. The molecule has 1 saturated heterocycles. The molecule has 0 unspecified atom stereocenters. The maximum absolute atomic E-state index is 12.9. The predicted molar refractivity (Wildman–Crippen MR) is 112 cm³/mol. The van der Waals surface area contributed by atoms with Gasteiger partial charge in [-0.2, -0.15) is 0 Å². The normalized spacial score (nSPS) is 15.3. The molecular weight excluding hydrogens is 405 g/mol. The van der Waals surface area contributed by atoms with Crippen LogP contribution in [0.2, 0.25) is 5.02 Å². The summed E-state index contributed by atoms with van der Waals surface area (Å²) in [5, 5.41) is 3.85. The fraction of sp³-hybridized carbons (Fsp3) is 0.474. The van der Waals surface area contributed by atoms with E-state index in [2.05, 4.69) is 15.3 Å². The Morgan fingerprint density at radius 1 is 1.22 bits per heavy atom. The summed E-state index contributed by atoms with van der Waals surface area (Å²) in [5.74, 6) is 0.655. The number of hydrogen-bond acceptors (Lipinski definition) is 5. The van der Waals surface area contributed by atoms with Gasteiger partial charge in [0.2, 0.25) is 0 Å². The van der Waals surface area contributed by atoms with Gasteiger partial charge < -0.3 is 9.64 Å². The van der Waals surface area contributed by atoms with Crippen molar-refractivity contribution in [3.8, 4) is 5.75 Å². The number of thiazole rings is 1. The number of hydrogen-bond donors (Lipinski definition) is 0. The summed E-state index contributed by atoms with van der Waals surface area (Å²) in [6.45, 7) is 9.60. The number of piperazine rings is 1. The lowest BCUT2D eigenvalue weighted by Gasteiger charge is -2.38. The number of aromatic nitrogens is 1. The molecule has 0 radical (unpaired) electrons. The van der Waals surface area contributed by atoms with E-state index < -0.39 is 5.60 Å². The highest BCUT2D eigenvalue weighted by Crippen LogP contribution is 2.23. The van der Waals surface area contributed by atoms with Crippen molar-refractivity contribution in [3.05, 3.63) is 45.4 Å². The summed E-state index contributed by atoms with van der Waals surface area (Å²) in [7, 11) is 0. The summed E-state index contributed by atoms with van der Waals surface area (Å²) in [5.41, 5.74) is 0.155. The first-order chi connectivity index (χ1) is 12.3. The van der Waals surface area contributed by atoms with Gasteiger partial charge in [0.05, 0.1) is 6.54 Å². The fourth-order valence-corrected chi connectivity index (χ4v) is 3.94. The minimum atomic E-state index is -0.914. The highest BCUT2D eigenvalue weighted by molar-refractivity contribution is 7.09. The number of benzene rings is 1. The van der Waals surface area contributed by atoms with Crippen LogP contribution in [0.25, 0.3) is 0 Å². The van der Waals surface area contributed by atoms with Crippen LogP contribution in [0.1, 0.15) is 24.5 Å². The van der Waals surface area contributed by atoms with Crippen LogP contribution in [-0.2, 0) is 11.3 Å². The van der Waals surface area contributed by atoms with Gasteiger partial charge in [0.15, 0.2) is 5.60 Å². The van der Waals surface area contributed by atoms with Gasteiger partial charge in [-0.15, -0.1) is 23.7 Å². The van der Waals surface area contributed by atoms with Crippen LogP contribution < -0.4 is 4.74 Å². The SMILES string of the molecule is Cc1csc(CN2CCN(C(=O)C(C)(C)Oc3ccc(Cl)cc3)CC2)n1.Cl. The fourth-order valence-electron chi connectivity index (χ4n) is 3.00. The quantitative estimate of drug-likeness (QED) is 0.719. The van der Waals surface area contributed by atoms with Crippen molar-refractivity contribution in [1.82, 2.24) is 14.8 Å². The molecule has 148 valence electrons. The zero-order chi connectivity index (χ0) is 18.7. The first-order valence-electron chi connectivity index (χ1n) is 8.71. The Morgan fingerprint density at radius 2 is 1.85 bits per heavy atom. The zero-order valence-electron chi connectivity index (χ0n) is 15.8. The predicted octanol–water partition coefficient (Wildman–Crippen LogP) is 4.03. The van der Waals surface area contributed by atoms with Crippen molar-refractivity contribution in [2.45, 2.75) is 32.9 Å². The Bertz CT molecular complexity index is 757. The average molecular weight is 430 g/mol. The molecule has 0 spiro atoms. The van der Waals surface area contributed by atoms with Crippen LogP contribution in [-0.4, -0.2) is 52.5 Å². The topological polar surface area (TPSA) is 45.7 Å². The third-order valence-electron chi connectivity index (χ3n) is 4.39. The van der Waals surface area contributed by atoms with Gasteiger partial charge in [-0.1, -0.05) is 11.6 Å². The Hall–Kier alpha value is -1.34. The van der Waals surface area contributed by atoms with Crippen LogP contribution in [0.4, 0.5) is 0 Å². The average Bonchev–Trinajstić information content (AvgIpc) is 3.02. The van der Waals surface area contributed by atoms with Crippen molar-refractivity contribution < 1.29 is 9.53 Å². The summed E-state index contributed by atoms with van der Waals surface area (Å²) < 4.78 is 5.93. The van der Waals surface area contributed by atoms with Gasteiger partial charge in [0.1, 0.15) is 10.8 Å². The smallest absolute Gasteiger partial charge is 0.266 e. The van der Waals surface area contributed by atoms with E-state index in [1.54, 1.807) is 35.6 Å². The minimum absolute atomic E-state index is 0. The number of aryl methyl sites for hydroxylation is 1. The Labute approximate surface area is 175 Å². The first kappa shape index (κ1) is 22.0. The van der Waals surface area contributed by atoms with Crippen molar-refractivity contribution >= 4 is 41.3 Å². The molecule has 0 atom stereocenters. The van der Waals surface area contributed by atoms with Crippen molar-refractivity contribution in [2.24, 2.45) is 0 Å². The maximum atomic E-state index is 12.9. The van der Waals surface area contributed by atoms with E-state index in [4.69, 9.17) is 16.3 Å². The summed E-state index contributed by atoms with van der Waals surface area (Å²) >= 11 is 7.60. The summed E-state index contributed by atoms with van der Waals surface area (Å²) in [6.07, 6.45) is 0. The van der Waals surface area contributed by atoms with E-state index in [9.17, 15) is 4.79 Å². The molecule has 2 aromatic rings. The first-order valence-corrected chi connectivity index (χ1v) is 9.96. The second kappa shape index (κ2) is 9.24. The lowest BCUT2D eigenvalue weighted by atomic mass is 10.1. The van der Waals surface area contributed by atoms with Crippen LogP contribution in [0.5, 0.6) is 5.75 Å². The molecule has 1 aromatic carbocycles. The molecule has 2 heterocycles. The molecule has 27 heavy (non-hydrogen) atoms. The molecule has 8 heteroatoms. The Balaban J connectivity index is 0.00000261. The summed E-state index contributed by atoms with van der Waals surface area (Å²) in [6, 6.07) is 7.09. The second-order valence-corrected chi connectivity index (χ2v) is 8.40. The number of amides is 1. The van der Waals surface area contributed by atoms with Gasteiger partial charge >= 0.3 is 0 Å². The van der Waals surface area contributed by atoms with E-state index >= 15 is 0 Å². The van der Waals surface area contributed by atoms with Gasteiger partial charge in [-0.05, 0) is 45.0 Å². The zero-order valence-corrected chi connectivity index (χ0v) is 18.2. The van der Waals surface area contributed by atoms with Gasteiger partial charge in [0.25, 0.3) is 5.91 Å². The molecule has 1 fully saturated rings. The van der Waals surface area contributed by atoms with Crippen LogP contribution in [0.15, 0.2) is 29.6 Å². The molecule has 5 nitrogen and oxygen atoms in total. The van der Waals surface area contributed by atoms with Crippen LogP contribution in [0.3, 0.4) is 0 Å². The number of carbonyl (C=O) groups excluding carboxylic acids is 1. The molecule has 1 aliphatic heterocycles. The maximum Gasteiger partial charge on any atom is 0.266 e. The molecule has 0 bridgehead atoms.